The predicted octanol–water partition coefficient (Wildman–Crippen LogP) is 7.50. The minimum Gasteiger partial charge on any atom is -0.426 e. The molecule has 4 aliphatic rings. The summed E-state index contributed by atoms with van der Waals surface area (Å²) in [5.41, 5.74) is 4.59. The lowest BCUT2D eigenvalue weighted by molar-refractivity contribution is -0.132. The molecule has 4 aromatic rings. The maximum Gasteiger partial charge on any atom is 0.308 e. The molecule has 0 radical (unpaired) electrons. The third-order valence-corrected chi connectivity index (χ3v) is 11.2. The Bertz CT molecular complexity index is 1730. The van der Waals surface area contributed by atoms with Gasteiger partial charge in [-0.15, -0.1) is 23.2 Å². The third-order valence-electron chi connectivity index (χ3n) is 10.4. The first kappa shape index (κ1) is 27.1. The highest BCUT2D eigenvalue weighted by Gasteiger charge is 2.80. The zero-order valence-corrected chi connectivity index (χ0v) is 25.7. The van der Waals surface area contributed by atoms with Crippen LogP contribution in [0.2, 0.25) is 0 Å². The molecule has 2 aliphatic carbocycles. The lowest BCUT2D eigenvalue weighted by atomic mass is 9.83. The Balaban J connectivity index is 1.25. The van der Waals surface area contributed by atoms with Crippen LogP contribution in [0.3, 0.4) is 0 Å². The van der Waals surface area contributed by atoms with Gasteiger partial charge in [-0.05, 0) is 41.2 Å². The van der Waals surface area contributed by atoms with Crippen LogP contribution in [-0.2, 0) is 9.59 Å². The topological polar surface area (TPSA) is 59.1 Å². The molecule has 2 aliphatic heterocycles. The van der Waals surface area contributed by atoms with E-state index in [-0.39, 0.29) is 34.9 Å². The first-order valence-electron chi connectivity index (χ1n) is 15.0. The summed E-state index contributed by atoms with van der Waals surface area (Å²) in [6, 6.07) is 20.4. The van der Waals surface area contributed by atoms with Gasteiger partial charge < -0.3 is 19.3 Å². The van der Waals surface area contributed by atoms with Crippen molar-refractivity contribution in [3.8, 4) is 11.5 Å². The predicted molar refractivity (Wildman–Crippen MR) is 171 cm³/mol. The van der Waals surface area contributed by atoms with Gasteiger partial charge in [0.1, 0.15) is 11.5 Å². The summed E-state index contributed by atoms with van der Waals surface area (Å²) in [4.78, 5) is 29.4. The number of nitrogens with zero attached hydrogens (tertiary/aromatic N) is 2. The molecular weight excluding hydrogens is 583 g/mol. The van der Waals surface area contributed by atoms with Crippen molar-refractivity contribution in [2.75, 3.05) is 34.6 Å². The maximum atomic E-state index is 12.1. The summed E-state index contributed by atoms with van der Waals surface area (Å²) in [7, 11) is 0. The molecule has 0 amide bonds. The fraction of sp³-hybridized carbons (Fsp3) is 0.371. The largest absolute Gasteiger partial charge is 0.426 e. The number of hydrogen-bond donors (Lipinski definition) is 0. The lowest BCUT2D eigenvalue weighted by Crippen LogP contribution is -2.58. The molecule has 0 N–H and O–H groups in total. The number of carbonyl (C=O) groups excluding carboxylic acids is 2. The molecule has 0 aromatic heterocycles. The SMILES string of the molecule is CC(=O)Oc1cc2c(c3ccccc13)[C@H](CCl)CN2C12CC[C@@]1(N1C[C@@H](CCl)c3c1cc(OC(C)=O)c1ccccc31)C2. The zero-order chi connectivity index (χ0) is 29.7. The fourth-order valence-corrected chi connectivity index (χ4v) is 9.15. The number of benzene rings is 4. The first-order chi connectivity index (χ1) is 20.8. The van der Waals surface area contributed by atoms with E-state index in [9.17, 15) is 9.59 Å². The monoisotopic (exact) mass is 614 g/mol. The number of ether oxygens (including phenoxy) is 2. The summed E-state index contributed by atoms with van der Waals surface area (Å²) in [5, 5.41) is 4.06. The van der Waals surface area contributed by atoms with Gasteiger partial charge in [-0.2, -0.15) is 0 Å². The molecule has 2 heterocycles. The van der Waals surface area contributed by atoms with Gasteiger partial charge >= 0.3 is 11.9 Å². The fourth-order valence-electron chi connectivity index (χ4n) is 8.65. The number of carbonyl (C=O) groups is 2. The quantitative estimate of drug-likeness (QED) is 0.127. The van der Waals surface area contributed by atoms with Gasteiger partial charge in [-0.1, -0.05) is 48.5 Å². The van der Waals surface area contributed by atoms with Crippen LogP contribution >= 0.6 is 23.2 Å². The number of fused-ring (bicyclic) bond motifs is 7. The molecule has 0 spiro atoms. The molecule has 0 bridgehead atoms. The number of esters is 2. The van der Waals surface area contributed by atoms with Crippen LogP contribution in [0.5, 0.6) is 11.5 Å². The minimum atomic E-state index is -0.331. The average molecular weight is 616 g/mol. The van der Waals surface area contributed by atoms with E-state index in [0.717, 1.165) is 65.3 Å². The smallest absolute Gasteiger partial charge is 0.308 e. The molecule has 43 heavy (non-hydrogen) atoms. The molecule has 4 aromatic carbocycles. The Morgan fingerprint density at radius 2 is 1.12 bits per heavy atom. The molecule has 8 heteroatoms. The molecule has 6 nitrogen and oxygen atoms in total. The average Bonchev–Trinajstić information content (AvgIpc) is 3.29. The van der Waals surface area contributed by atoms with Gasteiger partial charge in [0.05, 0.1) is 11.1 Å². The third kappa shape index (κ3) is 3.66. The molecular formula is C35H32Cl2N2O4. The molecule has 8 rings (SSSR count). The van der Waals surface area contributed by atoms with E-state index in [0.29, 0.717) is 23.3 Å². The second kappa shape index (κ2) is 9.51. The molecule has 220 valence electrons. The van der Waals surface area contributed by atoms with E-state index in [1.807, 2.05) is 36.4 Å². The Morgan fingerprint density at radius 1 is 0.721 bits per heavy atom. The van der Waals surface area contributed by atoms with E-state index in [1.54, 1.807) is 0 Å². The van der Waals surface area contributed by atoms with Crippen LogP contribution in [-0.4, -0.2) is 47.9 Å². The van der Waals surface area contributed by atoms with Crippen LogP contribution in [0.15, 0.2) is 60.7 Å². The highest BCUT2D eigenvalue weighted by Crippen LogP contribution is 2.73. The van der Waals surface area contributed by atoms with Gasteiger partial charge in [-0.3, -0.25) is 9.59 Å². The van der Waals surface area contributed by atoms with Crippen LogP contribution in [0.4, 0.5) is 11.4 Å². The van der Waals surface area contributed by atoms with E-state index in [2.05, 4.69) is 34.1 Å². The van der Waals surface area contributed by atoms with E-state index >= 15 is 0 Å². The van der Waals surface area contributed by atoms with Crippen LogP contribution in [0.1, 0.15) is 56.1 Å². The summed E-state index contributed by atoms with van der Waals surface area (Å²) >= 11 is 13.3. The van der Waals surface area contributed by atoms with Gasteiger partial charge in [0.25, 0.3) is 0 Å². The Morgan fingerprint density at radius 3 is 1.47 bits per heavy atom. The summed E-state index contributed by atoms with van der Waals surface area (Å²) in [6.07, 6.45) is 3.16. The van der Waals surface area contributed by atoms with Crippen LogP contribution in [0.25, 0.3) is 21.5 Å². The standard InChI is InChI=1S/C35H32Cl2N2O4/c1-20(40)42-30-13-28-32(26-9-5-3-7-24(26)30)22(15-36)17-38(28)34-11-12-35(34,19-34)39-18-23(16-37)33-27-10-6-4-8-25(27)31(14-29(33)39)43-21(2)41/h3-10,13-14,22-23H,11-12,15-19H2,1-2H3/t22-,23-,34-,35?/m1/s1. The maximum absolute atomic E-state index is 12.1. The van der Waals surface area contributed by atoms with E-state index < -0.39 is 0 Å². The van der Waals surface area contributed by atoms with Crippen molar-refractivity contribution in [3.05, 3.63) is 71.8 Å². The number of halogens is 2. The molecule has 2 fully saturated rings. The normalized spacial score (nSPS) is 26.6. The van der Waals surface area contributed by atoms with Gasteiger partial charge in [-0.25, -0.2) is 0 Å². The first-order valence-corrected chi connectivity index (χ1v) is 16.0. The number of anilines is 2. The minimum absolute atomic E-state index is 0.0653. The van der Waals surface area contributed by atoms with E-state index in [1.165, 1.54) is 25.0 Å². The second-order valence-corrected chi connectivity index (χ2v) is 13.2. The zero-order valence-electron chi connectivity index (χ0n) is 24.2. The molecule has 4 atom stereocenters. The van der Waals surface area contributed by atoms with Crippen molar-refractivity contribution >= 4 is 68.1 Å². The highest BCUT2D eigenvalue weighted by atomic mass is 35.5. The molecule has 2 saturated carbocycles. The van der Waals surface area contributed by atoms with Gasteiger partial charge in [0.15, 0.2) is 0 Å². The second-order valence-electron chi connectivity index (χ2n) is 12.6. The number of alkyl halides is 2. The number of rotatable bonds is 6. The highest BCUT2D eigenvalue weighted by molar-refractivity contribution is 6.19. The van der Waals surface area contributed by atoms with Crippen molar-refractivity contribution in [1.82, 2.24) is 0 Å². The summed E-state index contributed by atoms with van der Waals surface area (Å²) < 4.78 is 11.5. The Labute approximate surface area is 260 Å². The molecule has 1 unspecified atom stereocenters. The lowest BCUT2D eigenvalue weighted by Gasteiger charge is -2.48. The van der Waals surface area contributed by atoms with Crippen molar-refractivity contribution < 1.29 is 19.1 Å². The van der Waals surface area contributed by atoms with Crippen molar-refractivity contribution in [3.63, 3.8) is 0 Å². The van der Waals surface area contributed by atoms with Gasteiger partial charge in [0, 0.05) is 84.8 Å². The number of hydrogen-bond acceptors (Lipinski definition) is 6. The van der Waals surface area contributed by atoms with Crippen molar-refractivity contribution in [2.45, 2.75) is 56.0 Å². The van der Waals surface area contributed by atoms with Crippen molar-refractivity contribution in [2.24, 2.45) is 0 Å². The van der Waals surface area contributed by atoms with E-state index in [4.69, 9.17) is 32.7 Å². The van der Waals surface area contributed by atoms with Crippen LogP contribution in [0, 0.1) is 0 Å². The summed E-state index contributed by atoms with van der Waals surface area (Å²) in [5.74, 6) is 1.89. The Kier molecular flexibility index (Phi) is 5.99. The summed E-state index contributed by atoms with van der Waals surface area (Å²) in [6.45, 7) is 4.54. The molecule has 0 saturated heterocycles. The van der Waals surface area contributed by atoms with Crippen LogP contribution < -0.4 is 19.3 Å². The Hall–Kier alpha value is -3.48. The van der Waals surface area contributed by atoms with Crippen molar-refractivity contribution in [1.29, 1.82) is 0 Å². The van der Waals surface area contributed by atoms with Gasteiger partial charge in [0.2, 0.25) is 0 Å².